The molecule has 0 saturated heterocycles. The molecule has 0 unspecified atom stereocenters. The van der Waals surface area contributed by atoms with Crippen LogP contribution < -0.4 is 19.6 Å². The Kier molecular flexibility index (Phi) is 7.31. The van der Waals surface area contributed by atoms with Gasteiger partial charge in [0.1, 0.15) is 5.75 Å². The minimum atomic E-state index is -2.96. The quantitative estimate of drug-likeness (QED) is 0.539. The second kappa shape index (κ2) is 9.68. The third-order valence-electron chi connectivity index (χ3n) is 3.61. The topological polar surface area (TPSA) is 69.2 Å². The van der Waals surface area contributed by atoms with Crippen LogP contribution in [0.5, 0.6) is 17.2 Å². The van der Waals surface area contributed by atoms with Gasteiger partial charge in [-0.2, -0.15) is 13.9 Å². The number of amides is 1. The predicted molar refractivity (Wildman–Crippen MR) is 102 cm³/mol. The predicted octanol–water partition coefficient (Wildman–Crippen LogP) is 4.24. The number of hydrogen-bond acceptors (Lipinski definition) is 5. The Hall–Kier alpha value is -3.16. The summed E-state index contributed by atoms with van der Waals surface area (Å²) in [6.45, 7) is 2.39. The fourth-order valence-electron chi connectivity index (χ4n) is 2.38. The van der Waals surface area contributed by atoms with Crippen LogP contribution in [0.25, 0.3) is 0 Å². The maximum absolute atomic E-state index is 12.5. The zero-order chi connectivity index (χ0) is 20.7. The molecular formula is C20H22F2N2O4. The number of carbonyl (C=O) groups excluding carboxylic acids is 1. The second-order valence-electron chi connectivity index (χ2n) is 6.05. The number of halogens is 2. The first kappa shape index (κ1) is 21.1. The number of benzene rings is 2. The highest BCUT2D eigenvalue weighted by atomic mass is 19.3. The van der Waals surface area contributed by atoms with Crippen molar-refractivity contribution in [2.24, 2.45) is 5.10 Å². The van der Waals surface area contributed by atoms with Gasteiger partial charge in [0.05, 0.1) is 18.9 Å². The number of hydrogen-bond donors (Lipinski definition) is 1. The number of ether oxygens (including phenoxy) is 3. The molecule has 6 nitrogen and oxygen atoms in total. The lowest BCUT2D eigenvalue weighted by Crippen LogP contribution is -2.20. The van der Waals surface area contributed by atoms with E-state index in [-0.39, 0.29) is 11.9 Å². The summed E-state index contributed by atoms with van der Waals surface area (Å²) >= 11 is 0. The second-order valence-corrected chi connectivity index (χ2v) is 6.05. The van der Waals surface area contributed by atoms with Gasteiger partial charge >= 0.3 is 6.61 Å². The van der Waals surface area contributed by atoms with E-state index in [1.54, 1.807) is 37.3 Å². The summed E-state index contributed by atoms with van der Waals surface area (Å²) in [5, 5.41) is 3.99. The van der Waals surface area contributed by atoms with Gasteiger partial charge in [0.25, 0.3) is 5.91 Å². The molecule has 0 saturated carbocycles. The van der Waals surface area contributed by atoms with E-state index < -0.39 is 12.5 Å². The molecule has 1 N–H and O–H groups in total. The number of nitrogens with zero attached hydrogens (tertiary/aromatic N) is 1. The lowest BCUT2D eigenvalue weighted by molar-refractivity contribution is -0.0499. The zero-order valence-corrected chi connectivity index (χ0v) is 16.0. The lowest BCUT2D eigenvalue weighted by atomic mass is 10.1. The van der Waals surface area contributed by atoms with Crippen LogP contribution in [0.3, 0.4) is 0 Å². The summed E-state index contributed by atoms with van der Waals surface area (Å²) in [6.07, 6.45) is -0.0450. The first-order valence-corrected chi connectivity index (χ1v) is 8.55. The molecule has 150 valence electrons. The Balaban J connectivity index is 2.17. The smallest absolute Gasteiger partial charge is 0.387 e. The molecule has 0 aliphatic heterocycles. The summed E-state index contributed by atoms with van der Waals surface area (Å²) in [7, 11) is 1.48. The van der Waals surface area contributed by atoms with E-state index in [4.69, 9.17) is 9.47 Å². The molecule has 0 spiro atoms. The fraction of sp³-hybridized carbons (Fsp3) is 0.300. The van der Waals surface area contributed by atoms with Gasteiger partial charge < -0.3 is 14.2 Å². The van der Waals surface area contributed by atoms with E-state index in [0.717, 1.165) is 0 Å². The van der Waals surface area contributed by atoms with Crippen molar-refractivity contribution in [3.05, 3.63) is 53.6 Å². The van der Waals surface area contributed by atoms with E-state index in [1.807, 2.05) is 13.8 Å². The average molecular weight is 392 g/mol. The van der Waals surface area contributed by atoms with Crippen molar-refractivity contribution in [1.29, 1.82) is 0 Å². The van der Waals surface area contributed by atoms with Crippen LogP contribution in [0, 0.1) is 0 Å². The Bertz CT molecular complexity index is 854. The summed E-state index contributed by atoms with van der Waals surface area (Å²) in [5.74, 6) is 0.426. The van der Waals surface area contributed by atoms with E-state index >= 15 is 0 Å². The van der Waals surface area contributed by atoms with E-state index in [2.05, 4.69) is 15.3 Å². The van der Waals surface area contributed by atoms with E-state index in [0.29, 0.717) is 28.3 Å². The minimum Gasteiger partial charge on any atom is -0.493 e. The van der Waals surface area contributed by atoms with Crippen LogP contribution in [-0.4, -0.2) is 31.4 Å². The minimum absolute atomic E-state index is 0.0233. The van der Waals surface area contributed by atoms with Crippen LogP contribution in [0.2, 0.25) is 0 Å². The van der Waals surface area contributed by atoms with Crippen molar-refractivity contribution in [3.63, 3.8) is 0 Å². The van der Waals surface area contributed by atoms with E-state index in [1.165, 1.54) is 19.2 Å². The number of hydrazone groups is 1. The van der Waals surface area contributed by atoms with Gasteiger partial charge in [-0.05, 0) is 51.1 Å². The summed E-state index contributed by atoms with van der Waals surface area (Å²) < 4.78 is 40.4. The van der Waals surface area contributed by atoms with Crippen LogP contribution in [0.1, 0.15) is 36.7 Å². The highest BCUT2D eigenvalue weighted by molar-refractivity contribution is 6.02. The summed E-state index contributed by atoms with van der Waals surface area (Å²) in [5.41, 5.74) is 3.37. The SMILES string of the molecule is COc1cc(C(=O)N/N=C(/C)c2ccccc2OC(F)F)ccc1OC(C)C. The van der Waals surface area contributed by atoms with Gasteiger partial charge in [-0.15, -0.1) is 0 Å². The zero-order valence-electron chi connectivity index (χ0n) is 16.0. The molecule has 0 heterocycles. The first-order chi connectivity index (χ1) is 13.3. The highest BCUT2D eigenvalue weighted by Gasteiger charge is 2.14. The number of carbonyl (C=O) groups is 1. The van der Waals surface area contributed by atoms with Gasteiger partial charge in [0, 0.05) is 11.1 Å². The number of methoxy groups -OCH3 is 1. The van der Waals surface area contributed by atoms with Crippen molar-refractivity contribution in [2.45, 2.75) is 33.5 Å². The Labute approximate surface area is 162 Å². The largest absolute Gasteiger partial charge is 0.493 e. The molecule has 0 aromatic heterocycles. The Morgan fingerprint density at radius 2 is 1.75 bits per heavy atom. The van der Waals surface area contributed by atoms with Crippen LogP contribution in [0.4, 0.5) is 8.78 Å². The standard InChI is InChI=1S/C20H22F2N2O4/c1-12(2)27-17-10-9-14(11-18(17)26-4)19(25)24-23-13(3)15-7-5-6-8-16(15)28-20(21)22/h5-12,20H,1-4H3,(H,24,25)/b23-13-. The first-order valence-electron chi connectivity index (χ1n) is 8.55. The monoisotopic (exact) mass is 392 g/mol. The highest BCUT2D eigenvalue weighted by Crippen LogP contribution is 2.29. The van der Waals surface area contributed by atoms with Crippen molar-refractivity contribution >= 4 is 11.6 Å². The van der Waals surface area contributed by atoms with Crippen molar-refractivity contribution in [2.75, 3.05) is 7.11 Å². The maximum atomic E-state index is 12.5. The fourth-order valence-corrected chi connectivity index (χ4v) is 2.38. The summed E-state index contributed by atoms with van der Waals surface area (Å²) in [6, 6.07) is 11.0. The van der Waals surface area contributed by atoms with Gasteiger partial charge in [0.2, 0.25) is 0 Å². The Morgan fingerprint density at radius 3 is 2.39 bits per heavy atom. The molecule has 2 aromatic rings. The molecule has 1 amide bonds. The lowest BCUT2D eigenvalue weighted by Gasteiger charge is -2.14. The number of nitrogens with one attached hydrogen (secondary N) is 1. The third kappa shape index (κ3) is 5.67. The van der Waals surface area contributed by atoms with Gasteiger partial charge in [-0.3, -0.25) is 4.79 Å². The third-order valence-corrected chi connectivity index (χ3v) is 3.61. The molecule has 0 atom stereocenters. The molecule has 0 aliphatic rings. The molecular weight excluding hydrogens is 370 g/mol. The normalized spacial score (nSPS) is 11.5. The number of para-hydroxylation sites is 1. The molecule has 28 heavy (non-hydrogen) atoms. The average Bonchev–Trinajstić information content (AvgIpc) is 2.65. The van der Waals surface area contributed by atoms with Crippen molar-refractivity contribution < 1.29 is 27.8 Å². The Morgan fingerprint density at radius 1 is 1.04 bits per heavy atom. The van der Waals surface area contributed by atoms with Crippen LogP contribution in [0.15, 0.2) is 47.6 Å². The molecule has 2 rings (SSSR count). The van der Waals surface area contributed by atoms with E-state index in [9.17, 15) is 13.6 Å². The molecule has 8 heteroatoms. The molecule has 0 radical (unpaired) electrons. The van der Waals surface area contributed by atoms with Crippen molar-refractivity contribution in [1.82, 2.24) is 5.43 Å². The molecule has 0 bridgehead atoms. The van der Waals surface area contributed by atoms with Crippen LogP contribution in [-0.2, 0) is 0 Å². The molecule has 0 aliphatic carbocycles. The van der Waals surface area contributed by atoms with Gasteiger partial charge in [0.15, 0.2) is 11.5 Å². The number of alkyl halides is 2. The number of rotatable bonds is 8. The molecule has 0 fully saturated rings. The molecule has 2 aromatic carbocycles. The van der Waals surface area contributed by atoms with Gasteiger partial charge in [-0.1, -0.05) is 12.1 Å². The maximum Gasteiger partial charge on any atom is 0.387 e. The summed E-state index contributed by atoms with van der Waals surface area (Å²) in [4.78, 5) is 12.4. The van der Waals surface area contributed by atoms with Crippen molar-refractivity contribution in [3.8, 4) is 17.2 Å². The van der Waals surface area contributed by atoms with Gasteiger partial charge in [-0.25, -0.2) is 5.43 Å². The van der Waals surface area contributed by atoms with Crippen LogP contribution >= 0.6 is 0 Å².